The molecule has 8 rings (SSSR count). The summed E-state index contributed by atoms with van der Waals surface area (Å²) in [6.07, 6.45) is 8.41. The molecule has 1 aliphatic carbocycles. The molecule has 4 N–H and O–H groups in total. The zero-order valence-electron chi connectivity index (χ0n) is 32.4. The highest BCUT2D eigenvalue weighted by Crippen LogP contribution is 2.32. The number of carbonyl (C=O) groups excluding carboxylic acids is 3. The van der Waals surface area contributed by atoms with Gasteiger partial charge in [-0.1, -0.05) is 18.2 Å². The minimum absolute atomic E-state index is 0.0149. The number of nitrogens with zero attached hydrogens (tertiary/aromatic N) is 5. The maximum atomic E-state index is 15.2. The number of H-pyrrole nitrogens is 1. The van der Waals surface area contributed by atoms with E-state index in [9.17, 15) is 23.6 Å². The molecule has 2 aromatic carbocycles. The van der Waals surface area contributed by atoms with Crippen LogP contribution in [0.1, 0.15) is 51.4 Å². The van der Waals surface area contributed by atoms with E-state index in [0.717, 1.165) is 71.2 Å². The highest BCUT2D eigenvalue weighted by molar-refractivity contribution is 6.01. The number of piperazine rings is 1. The Kier molecular flexibility index (Phi) is 11.8. The van der Waals surface area contributed by atoms with Gasteiger partial charge in [0.25, 0.3) is 5.56 Å². The molecular weight excluding hydrogens is 745 g/mol. The maximum Gasteiger partial charge on any atom is 0.255 e. The van der Waals surface area contributed by atoms with Crippen molar-refractivity contribution in [2.45, 2.75) is 63.5 Å². The summed E-state index contributed by atoms with van der Waals surface area (Å²) in [4.78, 5) is 67.4. The summed E-state index contributed by atoms with van der Waals surface area (Å²) in [5.41, 5.74) is 2.69. The minimum atomic E-state index is -0.561. The highest BCUT2D eigenvalue weighted by Gasteiger charge is 2.33. The first kappa shape index (κ1) is 39.1. The number of hydrogen-bond donors (Lipinski definition) is 4. The molecule has 3 aliphatic heterocycles. The predicted octanol–water partition coefficient (Wildman–Crippen LogP) is 5.03. The first-order chi connectivity index (χ1) is 28.2. The molecule has 1 saturated carbocycles. The smallest absolute Gasteiger partial charge is 0.255 e. The summed E-state index contributed by atoms with van der Waals surface area (Å²) in [6, 6.07) is 15.0. The molecule has 3 amide bonds. The topological polar surface area (TPSA) is 156 Å². The fourth-order valence-corrected chi connectivity index (χ4v) is 8.81. The normalized spacial score (nSPS) is 22.1. The van der Waals surface area contributed by atoms with Gasteiger partial charge in [-0.2, -0.15) is 0 Å². The predicted molar refractivity (Wildman–Crippen MR) is 217 cm³/mol. The summed E-state index contributed by atoms with van der Waals surface area (Å²) >= 11 is 0. The number of pyridine rings is 1. The van der Waals surface area contributed by atoms with Gasteiger partial charge in [-0.05, 0) is 92.8 Å². The van der Waals surface area contributed by atoms with Crippen LogP contribution in [-0.4, -0.2) is 100 Å². The van der Waals surface area contributed by atoms with E-state index in [1.54, 1.807) is 54.7 Å². The Hall–Kier alpha value is -5.70. The molecule has 0 spiro atoms. The van der Waals surface area contributed by atoms with Crippen LogP contribution in [0.25, 0.3) is 22.4 Å². The van der Waals surface area contributed by atoms with E-state index in [0.29, 0.717) is 59.4 Å². The molecule has 4 fully saturated rings. The van der Waals surface area contributed by atoms with Crippen LogP contribution in [0.4, 0.5) is 26.1 Å². The molecule has 5 heterocycles. The van der Waals surface area contributed by atoms with Crippen molar-refractivity contribution >= 4 is 35.0 Å². The third-order valence-corrected chi connectivity index (χ3v) is 12.1. The van der Waals surface area contributed by atoms with E-state index in [4.69, 9.17) is 0 Å². The molecule has 0 radical (unpaired) electrons. The lowest BCUT2D eigenvalue weighted by Crippen LogP contribution is -2.50. The molecule has 304 valence electrons. The van der Waals surface area contributed by atoms with Crippen molar-refractivity contribution in [3.05, 3.63) is 89.0 Å². The van der Waals surface area contributed by atoms with Gasteiger partial charge < -0.3 is 25.4 Å². The summed E-state index contributed by atoms with van der Waals surface area (Å²) in [5, 5.41) is 8.74. The fraction of sp³-hybridized carbons (Fsp3) is 0.442. The molecule has 4 aromatic rings. The lowest BCUT2D eigenvalue weighted by molar-refractivity contribution is -0.138. The lowest BCUT2D eigenvalue weighted by Gasteiger charge is -2.40. The Morgan fingerprint density at radius 1 is 0.810 bits per heavy atom. The van der Waals surface area contributed by atoms with Gasteiger partial charge in [0, 0.05) is 87.2 Å². The first-order valence-corrected chi connectivity index (χ1v) is 20.4. The first-order valence-electron chi connectivity index (χ1n) is 20.4. The SMILES string of the molecule is O=C1CCC(Nc2ccc(N3CCN(CC4CCN(C(=O)C5CCC(Nc6ncc(F)c(-c7cccc(-c8ccc[nH]c8=O)c7)n6)CC5)CC4)CC3)c(F)c2)C(=O)N1. The Bertz CT molecular complexity index is 2190. The Morgan fingerprint density at radius 3 is 2.33 bits per heavy atom. The van der Waals surface area contributed by atoms with Gasteiger partial charge >= 0.3 is 0 Å². The van der Waals surface area contributed by atoms with Crippen molar-refractivity contribution in [1.82, 2.24) is 30.1 Å². The second-order valence-corrected chi connectivity index (χ2v) is 15.9. The number of aromatic nitrogens is 3. The second kappa shape index (κ2) is 17.4. The number of nitrogens with one attached hydrogen (secondary N) is 4. The van der Waals surface area contributed by atoms with E-state index in [-0.39, 0.29) is 53.2 Å². The molecule has 58 heavy (non-hydrogen) atoms. The number of benzene rings is 2. The molecule has 2 aromatic heterocycles. The molecule has 1 unspecified atom stereocenters. The highest BCUT2D eigenvalue weighted by atomic mass is 19.1. The van der Waals surface area contributed by atoms with Crippen molar-refractivity contribution < 1.29 is 23.2 Å². The fourth-order valence-electron chi connectivity index (χ4n) is 8.81. The number of aromatic amines is 1. The Morgan fingerprint density at radius 2 is 1.59 bits per heavy atom. The summed E-state index contributed by atoms with van der Waals surface area (Å²) < 4.78 is 30.2. The van der Waals surface area contributed by atoms with Crippen LogP contribution in [0.5, 0.6) is 0 Å². The Labute approximate surface area is 335 Å². The van der Waals surface area contributed by atoms with E-state index in [1.807, 2.05) is 4.90 Å². The van der Waals surface area contributed by atoms with Crippen LogP contribution in [0.15, 0.2) is 71.8 Å². The average Bonchev–Trinajstić information content (AvgIpc) is 3.23. The standard InChI is InChI=1S/C43H49F2N9O4/c44-34-24-32(48-36-11-13-38(55)50-41(36)57)10-12-37(34)53-21-19-52(20-22-53)26-27-14-17-54(18-15-27)42(58)28-6-8-31(9-7-28)49-43-47-25-35(45)39(51-43)30-4-1-3-29(23-30)33-5-2-16-46-40(33)56/h1-5,10,12,16,23-25,27-28,31,36,48H,6-9,11,13-15,17-22,26H2,(H,46,56)(H,47,49,51)(H,50,55,57). The van der Waals surface area contributed by atoms with Crippen LogP contribution < -0.4 is 26.4 Å². The molecular formula is C43H49F2N9O4. The number of rotatable bonds is 10. The van der Waals surface area contributed by atoms with Crippen LogP contribution in [0.3, 0.4) is 0 Å². The van der Waals surface area contributed by atoms with Gasteiger partial charge in [0.2, 0.25) is 23.7 Å². The van der Waals surface area contributed by atoms with Crippen molar-refractivity contribution in [3.63, 3.8) is 0 Å². The third kappa shape index (κ3) is 9.04. The largest absolute Gasteiger partial charge is 0.374 e. The number of amides is 3. The van der Waals surface area contributed by atoms with Gasteiger partial charge in [-0.3, -0.25) is 29.4 Å². The monoisotopic (exact) mass is 793 g/mol. The van der Waals surface area contributed by atoms with Crippen molar-refractivity contribution in [2.75, 3.05) is 61.3 Å². The number of hydrogen-bond acceptors (Lipinski definition) is 10. The molecule has 0 bridgehead atoms. The summed E-state index contributed by atoms with van der Waals surface area (Å²) in [7, 11) is 0. The summed E-state index contributed by atoms with van der Waals surface area (Å²) in [6.45, 7) is 5.59. The van der Waals surface area contributed by atoms with E-state index < -0.39 is 11.9 Å². The second-order valence-electron chi connectivity index (χ2n) is 15.9. The van der Waals surface area contributed by atoms with Crippen LogP contribution >= 0.6 is 0 Å². The number of piperidine rings is 2. The van der Waals surface area contributed by atoms with Crippen molar-refractivity contribution in [3.8, 4) is 22.4 Å². The van der Waals surface area contributed by atoms with Crippen LogP contribution in [-0.2, 0) is 14.4 Å². The average molecular weight is 794 g/mol. The lowest BCUT2D eigenvalue weighted by atomic mass is 9.84. The number of halogens is 2. The van der Waals surface area contributed by atoms with Gasteiger partial charge in [-0.25, -0.2) is 18.7 Å². The van der Waals surface area contributed by atoms with Gasteiger partial charge in [-0.15, -0.1) is 0 Å². The van der Waals surface area contributed by atoms with Crippen LogP contribution in [0, 0.1) is 23.5 Å². The number of likely N-dealkylation sites (tertiary alicyclic amines) is 1. The maximum absolute atomic E-state index is 15.2. The molecule has 3 saturated heterocycles. The number of imide groups is 1. The molecule has 4 aliphatic rings. The minimum Gasteiger partial charge on any atom is -0.374 e. The molecule has 1 atom stereocenters. The third-order valence-electron chi connectivity index (χ3n) is 12.1. The van der Waals surface area contributed by atoms with Gasteiger partial charge in [0.05, 0.1) is 11.9 Å². The van der Waals surface area contributed by atoms with Crippen molar-refractivity contribution in [1.29, 1.82) is 0 Å². The van der Waals surface area contributed by atoms with Gasteiger partial charge in [0.1, 0.15) is 17.6 Å². The zero-order chi connectivity index (χ0) is 40.2. The molecule has 13 nitrogen and oxygen atoms in total. The molecule has 15 heteroatoms. The zero-order valence-corrected chi connectivity index (χ0v) is 32.4. The number of anilines is 3. The van der Waals surface area contributed by atoms with Crippen LogP contribution in [0.2, 0.25) is 0 Å². The van der Waals surface area contributed by atoms with Crippen molar-refractivity contribution in [2.24, 2.45) is 11.8 Å². The van der Waals surface area contributed by atoms with E-state index in [1.165, 1.54) is 12.3 Å². The number of carbonyl (C=O) groups is 3. The summed E-state index contributed by atoms with van der Waals surface area (Å²) in [5.74, 6) is -0.500. The quantitative estimate of drug-likeness (QED) is 0.161. The van der Waals surface area contributed by atoms with E-state index in [2.05, 4.69) is 40.7 Å². The Balaban J connectivity index is 0.761. The van der Waals surface area contributed by atoms with E-state index >= 15 is 4.39 Å². The van der Waals surface area contributed by atoms with Gasteiger partial charge in [0.15, 0.2) is 5.82 Å².